The van der Waals surface area contributed by atoms with E-state index in [4.69, 9.17) is 9.47 Å². The van der Waals surface area contributed by atoms with Gasteiger partial charge in [-0.05, 0) is 164 Å². The first-order chi connectivity index (χ1) is 52.1. The maximum atomic E-state index is 7.67. The Balaban J connectivity index is 0.778. The van der Waals surface area contributed by atoms with Crippen LogP contribution in [0.25, 0.3) is 132 Å². The number of fused-ring (bicyclic) bond motifs is 28. The van der Waals surface area contributed by atoms with Gasteiger partial charge in [0, 0.05) is 77.0 Å². The SMILES string of the molecule is c1ccc(B2c3ccccc3Oc3c2ccc2c3-c3cc(-n4c5ccccc5c5cc(-n6c7ccccc7c7ccccc76)ccc54)ccc3C23c2ccc(-n4c5ccccc5c5cc(-n6c7ccccc7c7ccccc76)ccc54)cc2-c2c3ccc3c2Oc2ccccc2B3c2ccccc2)cc1. The monoisotopic (exact) mass is 1330 g/mol. The predicted molar refractivity (Wildman–Crippen MR) is 435 cm³/mol. The lowest BCUT2D eigenvalue weighted by atomic mass is 9.35. The Morgan fingerprint density at radius 3 is 0.876 bits per heavy atom. The van der Waals surface area contributed by atoms with Gasteiger partial charge in [-0.25, -0.2) is 0 Å². The highest BCUT2D eigenvalue weighted by atomic mass is 16.5. The van der Waals surface area contributed by atoms with Crippen molar-refractivity contribution in [2.75, 3.05) is 0 Å². The van der Waals surface area contributed by atoms with Crippen LogP contribution in [0.5, 0.6) is 23.0 Å². The van der Waals surface area contributed by atoms with E-state index >= 15 is 0 Å². The average molecular weight is 1330 g/mol. The van der Waals surface area contributed by atoms with Gasteiger partial charge in [0.1, 0.15) is 23.0 Å². The van der Waals surface area contributed by atoms with E-state index in [1.807, 2.05) is 0 Å². The molecule has 20 aromatic rings. The molecule has 16 aromatic carbocycles. The lowest BCUT2D eigenvalue weighted by Gasteiger charge is -2.33. The highest BCUT2D eigenvalue weighted by molar-refractivity contribution is 6.97. The molecule has 2 aliphatic carbocycles. The second-order valence-electron chi connectivity index (χ2n) is 28.8. The third-order valence-electron chi connectivity index (χ3n) is 23.8. The van der Waals surface area contributed by atoms with Gasteiger partial charge in [-0.1, -0.05) is 254 Å². The first-order valence-electron chi connectivity index (χ1n) is 36.4. The molecule has 2 aliphatic heterocycles. The van der Waals surface area contributed by atoms with Crippen molar-refractivity contribution in [1.82, 2.24) is 18.3 Å². The smallest absolute Gasteiger partial charge is 0.250 e. The summed E-state index contributed by atoms with van der Waals surface area (Å²) in [4.78, 5) is 0. The van der Waals surface area contributed by atoms with Crippen LogP contribution in [-0.2, 0) is 5.41 Å². The fourth-order valence-electron chi connectivity index (χ4n) is 19.7. The van der Waals surface area contributed by atoms with E-state index < -0.39 is 5.41 Å². The average Bonchev–Trinajstić information content (AvgIpc) is 1.49. The molecule has 0 unspecified atom stereocenters. The molecule has 4 aromatic heterocycles. The maximum Gasteiger partial charge on any atom is 0.250 e. The van der Waals surface area contributed by atoms with Crippen LogP contribution in [0.3, 0.4) is 0 Å². The number of nitrogens with zero attached hydrogens (tertiary/aromatic N) is 4. The molecule has 0 atom stereocenters. The normalized spacial score (nSPS) is 13.5. The molecule has 0 bridgehead atoms. The van der Waals surface area contributed by atoms with Gasteiger partial charge in [-0.15, -0.1) is 0 Å². The Bertz CT molecular complexity index is 6660. The second-order valence-corrected chi connectivity index (χ2v) is 28.8. The van der Waals surface area contributed by atoms with Crippen LogP contribution in [0, 0.1) is 0 Å². The Morgan fingerprint density at radius 1 is 0.219 bits per heavy atom. The van der Waals surface area contributed by atoms with Crippen molar-refractivity contribution in [3.05, 3.63) is 374 Å². The third-order valence-corrected chi connectivity index (χ3v) is 23.8. The zero-order valence-corrected chi connectivity index (χ0v) is 56.7. The number of rotatable bonds is 6. The summed E-state index contributed by atoms with van der Waals surface area (Å²) in [7, 11) is 0. The van der Waals surface area contributed by atoms with E-state index in [0.717, 1.165) is 112 Å². The molecule has 1 spiro atoms. The van der Waals surface area contributed by atoms with E-state index in [-0.39, 0.29) is 13.4 Å². The number of hydrogen-bond donors (Lipinski definition) is 0. The lowest BCUT2D eigenvalue weighted by molar-refractivity contribution is 0.488. The van der Waals surface area contributed by atoms with Gasteiger partial charge >= 0.3 is 0 Å². The minimum Gasteiger partial charge on any atom is -0.458 e. The molecule has 0 N–H and O–H groups in total. The molecule has 24 rings (SSSR count). The molecule has 8 heteroatoms. The molecule has 484 valence electrons. The summed E-state index contributed by atoms with van der Waals surface area (Å²) in [5.41, 5.74) is 29.0. The Morgan fingerprint density at radius 2 is 0.505 bits per heavy atom. The number of para-hydroxylation sites is 8. The van der Waals surface area contributed by atoms with E-state index in [1.54, 1.807) is 0 Å². The molecule has 0 saturated carbocycles. The van der Waals surface area contributed by atoms with Crippen molar-refractivity contribution in [2.24, 2.45) is 0 Å². The molecule has 6 heterocycles. The largest absolute Gasteiger partial charge is 0.458 e. The molecule has 0 amide bonds. The quantitative estimate of drug-likeness (QED) is 0.156. The fraction of sp³-hybridized carbons (Fsp3) is 0.0103. The van der Waals surface area contributed by atoms with E-state index in [1.165, 1.54) is 98.3 Å². The Hall–Kier alpha value is -13.6. The summed E-state index contributed by atoms with van der Waals surface area (Å²) in [6, 6.07) is 131. The van der Waals surface area contributed by atoms with Crippen molar-refractivity contribution < 1.29 is 9.47 Å². The van der Waals surface area contributed by atoms with Gasteiger partial charge < -0.3 is 27.7 Å². The zero-order chi connectivity index (χ0) is 68.3. The summed E-state index contributed by atoms with van der Waals surface area (Å²) in [6.07, 6.45) is 0. The van der Waals surface area contributed by atoms with Crippen LogP contribution in [-0.4, -0.2) is 31.7 Å². The number of hydrogen-bond acceptors (Lipinski definition) is 2. The molecular weight excluding hydrogens is 1270 g/mol. The van der Waals surface area contributed by atoms with Crippen LogP contribution in [0.1, 0.15) is 22.3 Å². The molecule has 0 saturated heterocycles. The summed E-state index contributed by atoms with van der Waals surface area (Å²) in [5, 5.41) is 9.73. The minimum atomic E-state index is -0.863. The second kappa shape index (κ2) is 21.3. The fourth-order valence-corrected chi connectivity index (χ4v) is 19.7. The van der Waals surface area contributed by atoms with Crippen molar-refractivity contribution in [3.63, 3.8) is 0 Å². The van der Waals surface area contributed by atoms with Gasteiger partial charge in [0.2, 0.25) is 0 Å². The number of aromatic nitrogens is 4. The van der Waals surface area contributed by atoms with Crippen molar-refractivity contribution in [3.8, 4) is 68.0 Å². The van der Waals surface area contributed by atoms with Crippen molar-refractivity contribution in [2.45, 2.75) is 5.41 Å². The molecule has 0 radical (unpaired) electrons. The first-order valence-corrected chi connectivity index (χ1v) is 36.4. The standard InChI is InChI=1S/C97H58B2N4O2/c1-3-23-59(24-4-1)98-79-33-13-21-41-91(79)104-95-81(98)51-49-77-93(95)73-57-61(102-87-39-19-11-31-69(87)71-55-63(45-53-89(71)102)100-83-35-15-7-27-65(83)66-28-8-16-36-84(66)100)43-47-75(73)97(77)76-48-44-62(58-74(76)94-78(97)50-52-82-96(94)105-92-42-22-14-34-80(92)99(82)60-25-5-2-6-26-60)103-88-40-20-12-32-70(88)72-56-64(46-54-90(72)103)101-85-37-17-9-29-67(85)68-30-10-18-38-86(68)101/h1-58H. The summed E-state index contributed by atoms with van der Waals surface area (Å²) in [5.74, 6) is 3.51. The topological polar surface area (TPSA) is 38.2 Å². The zero-order valence-electron chi connectivity index (χ0n) is 56.7. The van der Waals surface area contributed by atoms with Crippen LogP contribution >= 0.6 is 0 Å². The first kappa shape index (κ1) is 57.1. The van der Waals surface area contributed by atoms with Gasteiger partial charge in [0.15, 0.2) is 0 Å². The highest BCUT2D eigenvalue weighted by Crippen LogP contribution is 2.66. The maximum absolute atomic E-state index is 7.67. The Labute approximate surface area is 604 Å². The van der Waals surface area contributed by atoms with Gasteiger partial charge in [-0.3, -0.25) is 0 Å². The number of benzene rings is 16. The van der Waals surface area contributed by atoms with Gasteiger partial charge in [0.25, 0.3) is 13.4 Å². The Kier molecular flexibility index (Phi) is 11.6. The third kappa shape index (κ3) is 7.63. The molecule has 4 aliphatic rings. The van der Waals surface area contributed by atoms with Gasteiger partial charge in [0.05, 0.1) is 49.5 Å². The predicted octanol–water partition coefficient (Wildman–Crippen LogP) is 19.7. The lowest BCUT2D eigenvalue weighted by Crippen LogP contribution is -2.55. The van der Waals surface area contributed by atoms with Crippen LogP contribution < -0.4 is 42.3 Å². The van der Waals surface area contributed by atoms with Crippen molar-refractivity contribution >= 4 is 133 Å². The summed E-state index contributed by atoms with van der Waals surface area (Å²) >= 11 is 0. The van der Waals surface area contributed by atoms with Gasteiger partial charge in [-0.2, -0.15) is 0 Å². The van der Waals surface area contributed by atoms with Crippen LogP contribution in [0.15, 0.2) is 352 Å². The van der Waals surface area contributed by atoms with E-state index in [2.05, 4.69) is 370 Å². The van der Waals surface area contributed by atoms with E-state index in [0.29, 0.717) is 0 Å². The molecular formula is C97H58B2N4O2. The van der Waals surface area contributed by atoms with Crippen LogP contribution in [0.4, 0.5) is 0 Å². The highest BCUT2D eigenvalue weighted by Gasteiger charge is 2.56. The number of ether oxygens (including phenoxy) is 2. The minimum absolute atomic E-state index is 0.0916. The van der Waals surface area contributed by atoms with E-state index in [9.17, 15) is 0 Å². The molecule has 6 nitrogen and oxygen atoms in total. The molecule has 105 heavy (non-hydrogen) atoms. The van der Waals surface area contributed by atoms with Crippen molar-refractivity contribution in [1.29, 1.82) is 0 Å². The summed E-state index contributed by atoms with van der Waals surface area (Å²) < 4.78 is 25.2. The van der Waals surface area contributed by atoms with Crippen LogP contribution in [0.2, 0.25) is 0 Å². The molecule has 0 fully saturated rings. The summed E-state index contributed by atoms with van der Waals surface area (Å²) in [6.45, 7) is -0.183.